The molecule has 1 amide bonds. The number of alkyl halides is 3. The molecule has 1 heterocycles. The van der Waals surface area contributed by atoms with Crippen molar-refractivity contribution in [3.05, 3.63) is 63.6 Å². The number of rotatable bonds is 4. The molecule has 0 spiro atoms. The Labute approximate surface area is 146 Å². The Bertz CT molecular complexity index is 904. The molecule has 0 saturated carbocycles. The van der Waals surface area contributed by atoms with Gasteiger partial charge in [0.2, 0.25) is 5.91 Å². The highest BCUT2D eigenvalue weighted by Crippen LogP contribution is 2.26. The van der Waals surface area contributed by atoms with E-state index in [1.54, 1.807) is 13.0 Å². The lowest BCUT2D eigenvalue weighted by molar-refractivity contribution is -0.139. The highest BCUT2D eigenvalue weighted by atomic mass is 19.4. The van der Waals surface area contributed by atoms with E-state index in [0.717, 1.165) is 12.3 Å². The summed E-state index contributed by atoms with van der Waals surface area (Å²) in [5.41, 5.74) is -1.54. The minimum Gasteiger partial charge on any atom is -0.465 e. The summed E-state index contributed by atoms with van der Waals surface area (Å²) in [7, 11) is 1.21. The number of methoxy groups -OCH3 is 1. The average Bonchev–Trinajstić information content (AvgIpc) is 2.57. The first-order valence-electron chi connectivity index (χ1n) is 7.39. The zero-order valence-electron chi connectivity index (χ0n) is 13.9. The van der Waals surface area contributed by atoms with E-state index in [1.807, 2.05) is 0 Å². The van der Waals surface area contributed by atoms with E-state index in [0.29, 0.717) is 16.2 Å². The molecule has 0 aliphatic carbocycles. The second kappa shape index (κ2) is 7.42. The van der Waals surface area contributed by atoms with Gasteiger partial charge in [0.05, 0.1) is 12.7 Å². The molecule has 26 heavy (non-hydrogen) atoms. The number of ether oxygens (including phenoxy) is 1. The fraction of sp³-hybridized carbons (Fsp3) is 0.235. The van der Waals surface area contributed by atoms with Gasteiger partial charge in [-0.1, -0.05) is 6.07 Å². The molecule has 0 saturated heterocycles. The standard InChI is InChI=1S/C17H15F3N2O4/c1-10-5-6-11(16(25)26-2)8-13(10)21-14(23)9-22-7-3-4-12(15(22)24)17(18,19)20/h3-8H,9H2,1-2H3,(H,21,23). The molecule has 6 nitrogen and oxygen atoms in total. The number of carbonyl (C=O) groups is 2. The van der Waals surface area contributed by atoms with Gasteiger partial charge in [-0.05, 0) is 36.8 Å². The Morgan fingerprint density at radius 1 is 1.23 bits per heavy atom. The number of pyridine rings is 1. The van der Waals surface area contributed by atoms with Crippen LogP contribution in [0.2, 0.25) is 0 Å². The first-order chi connectivity index (χ1) is 12.1. The van der Waals surface area contributed by atoms with Crippen LogP contribution < -0.4 is 10.9 Å². The summed E-state index contributed by atoms with van der Waals surface area (Å²) < 4.78 is 43.5. The van der Waals surface area contributed by atoms with Crippen LogP contribution in [0.5, 0.6) is 0 Å². The SMILES string of the molecule is COC(=O)c1ccc(C)c(NC(=O)Cn2cccc(C(F)(F)F)c2=O)c1. The molecule has 0 atom stereocenters. The Balaban J connectivity index is 2.23. The molecular formula is C17H15F3N2O4. The molecular weight excluding hydrogens is 353 g/mol. The van der Waals surface area contributed by atoms with E-state index in [4.69, 9.17) is 0 Å². The summed E-state index contributed by atoms with van der Waals surface area (Å²) in [5, 5.41) is 2.48. The van der Waals surface area contributed by atoms with Crippen molar-refractivity contribution < 1.29 is 27.5 Å². The van der Waals surface area contributed by atoms with Gasteiger partial charge in [-0.15, -0.1) is 0 Å². The predicted octanol–water partition coefficient (Wildman–Crippen LogP) is 2.60. The maximum atomic E-state index is 12.8. The summed E-state index contributed by atoms with van der Waals surface area (Å²) >= 11 is 0. The Morgan fingerprint density at radius 3 is 2.54 bits per heavy atom. The third-order valence-electron chi connectivity index (χ3n) is 3.57. The van der Waals surface area contributed by atoms with Crippen LogP contribution in [0, 0.1) is 6.92 Å². The normalized spacial score (nSPS) is 11.1. The van der Waals surface area contributed by atoms with Crippen molar-refractivity contribution in [2.45, 2.75) is 19.6 Å². The van der Waals surface area contributed by atoms with Crippen molar-refractivity contribution in [3.8, 4) is 0 Å². The number of carbonyl (C=O) groups excluding carboxylic acids is 2. The largest absolute Gasteiger partial charge is 0.465 e. The minimum absolute atomic E-state index is 0.199. The van der Waals surface area contributed by atoms with Gasteiger partial charge < -0.3 is 14.6 Å². The molecule has 1 N–H and O–H groups in total. The Morgan fingerprint density at radius 2 is 1.92 bits per heavy atom. The van der Waals surface area contributed by atoms with Crippen molar-refractivity contribution in [1.29, 1.82) is 0 Å². The van der Waals surface area contributed by atoms with Gasteiger partial charge in [0, 0.05) is 11.9 Å². The highest BCUT2D eigenvalue weighted by Gasteiger charge is 2.34. The monoisotopic (exact) mass is 368 g/mol. The van der Waals surface area contributed by atoms with E-state index >= 15 is 0 Å². The lowest BCUT2D eigenvalue weighted by Gasteiger charge is -2.12. The summed E-state index contributed by atoms with van der Waals surface area (Å²) in [5.74, 6) is -1.31. The number of halogens is 3. The molecule has 2 rings (SSSR count). The van der Waals surface area contributed by atoms with Crippen LogP contribution in [-0.2, 0) is 22.3 Å². The molecule has 2 aromatic rings. The Kier molecular flexibility index (Phi) is 5.49. The maximum absolute atomic E-state index is 12.8. The third kappa shape index (κ3) is 4.29. The van der Waals surface area contributed by atoms with E-state index in [2.05, 4.69) is 10.1 Å². The number of nitrogens with one attached hydrogen (secondary N) is 1. The minimum atomic E-state index is -4.80. The first-order valence-corrected chi connectivity index (χ1v) is 7.39. The van der Waals surface area contributed by atoms with E-state index in [9.17, 15) is 27.6 Å². The molecule has 0 fully saturated rings. The molecule has 0 unspecified atom stereocenters. The number of hydrogen-bond donors (Lipinski definition) is 1. The molecule has 9 heteroatoms. The van der Waals surface area contributed by atoms with Crippen molar-refractivity contribution >= 4 is 17.6 Å². The zero-order chi connectivity index (χ0) is 19.5. The second-order valence-electron chi connectivity index (χ2n) is 5.42. The number of amides is 1. The van der Waals surface area contributed by atoms with Crippen molar-refractivity contribution in [3.63, 3.8) is 0 Å². The lowest BCUT2D eigenvalue weighted by atomic mass is 10.1. The van der Waals surface area contributed by atoms with Gasteiger partial charge in [0.1, 0.15) is 12.1 Å². The molecule has 0 aliphatic rings. The molecule has 0 aliphatic heterocycles. The number of nitrogens with zero attached hydrogens (tertiary/aromatic N) is 1. The van der Waals surface area contributed by atoms with Gasteiger partial charge in [0.15, 0.2) is 0 Å². The fourth-order valence-corrected chi connectivity index (χ4v) is 2.22. The number of hydrogen-bond acceptors (Lipinski definition) is 4. The van der Waals surface area contributed by atoms with E-state index in [1.165, 1.54) is 19.2 Å². The second-order valence-corrected chi connectivity index (χ2v) is 5.42. The van der Waals surface area contributed by atoms with Crippen LogP contribution in [-0.4, -0.2) is 23.6 Å². The van der Waals surface area contributed by atoms with Crippen molar-refractivity contribution in [2.24, 2.45) is 0 Å². The van der Waals surface area contributed by atoms with Gasteiger partial charge in [-0.2, -0.15) is 13.2 Å². The van der Waals surface area contributed by atoms with E-state index < -0.39 is 35.7 Å². The van der Waals surface area contributed by atoms with Crippen molar-refractivity contribution in [2.75, 3.05) is 12.4 Å². The zero-order valence-corrected chi connectivity index (χ0v) is 13.9. The maximum Gasteiger partial charge on any atom is 0.421 e. The van der Waals surface area contributed by atoms with Gasteiger partial charge in [0.25, 0.3) is 5.56 Å². The highest BCUT2D eigenvalue weighted by molar-refractivity contribution is 5.95. The average molecular weight is 368 g/mol. The quantitative estimate of drug-likeness (QED) is 0.842. The summed E-state index contributed by atoms with van der Waals surface area (Å²) in [6, 6.07) is 6.17. The predicted molar refractivity (Wildman–Crippen MR) is 86.9 cm³/mol. The van der Waals surface area contributed by atoms with Crippen LogP contribution in [0.15, 0.2) is 41.3 Å². The van der Waals surface area contributed by atoms with Crippen LogP contribution >= 0.6 is 0 Å². The van der Waals surface area contributed by atoms with Crippen LogP contribution in [0.4, 0.5) is 18.9 Å². The summed E-state index contributed by atoms with van der Waals surface area (Å²) in [6.07, 6.45) is -3.71. The smallest absolute Gasteiger partial charge is 0.421 e. The van der Waals surface area contributed by atoms with E-state index in [-0.39, 0.29) is 11.3 Å². The number of benzene rings is 1. The van der Waals surface area contributed by atoms with Crippen LogP contribution in [0.1, 0.15) is 21.5 Å². The summed E-state index contributed by atoms with van der Waals surface area (Å²) in [4.78, 5) is 35.5. The number of esters is 1. The van der Waals surface area contributed by atoms with Crippen LogP contribution in [0.25, 0.3) is 0 Å². The molecule has 0 radical (unpaired) electrons. The van der Waals surface area contributed by atoms with Gasteiger partial charge in [-0.3, -0.25) is 9.59 Å². The number of aryl methyl sites for hydroxylation is 1. The number of aromatic nitrogens is 1. The van der Waals surface area contributed by atoms with Gasteiger partial charge >= 0.3 is 12.1 Å². The third-order valence-corrected chi connectivity index (χ3v) is 3.57. The topological polar surface area (TPSA) is 77.4 Å². The summed E-state index contributed by atoms with van der Waals surface area (Å²) in [6.45, 7) is 1.07. The first kappa shape index (κ1) is 19.2. The molecule has 1 aromatic heterocycles. The lowest BCUT2D eigenvalue weighted by Crippen LogP contribution is -2.32. The molecule has 1 aromatic carbocycles. The molecule has 0 bridgehead atoms. The van der Waals surface area contributed by atoms with Gasteiger partial charge in [-0.25, -0.2) is 4.79 Å². The number of anilines is 1. The fourth-order valence-electron chi connectivity index (χ4n) is 2.22. The Hall–Kier alpha value is -3.10. The van der Waals surface area contributed by atoms with Crippen LogP contribution in [0.3, 0.4) is 0 Å². The van der Waals surface area contributed by atoms with Crippen molar-refractivity contribution in [1.82, 2.24) is 4.57 Å². The molecule has 138 valence electrons.